The molecule has 5 nitrogen and oxygen atoms in total. The smallest absolute Gasteiger partial charge is 0.261 e. The minimum absolute atomic E-state index is 0.0646. The summed E-state index contributed by atoms with van der Waals surface area (Å²) in [7, 11) is 0. The van der Waals surface area contributed by atoms with Gasteiger partial charge in [0.05, 0.1) is 5.02 Å². The summed E-state index contributed by atoms with van der Waals surface area (Å²) in [6.07, 6.45) is 0. The van der Waals surface area contributed by atoms with Gasteiger partial charge >= 0.3 is 0 Å². The van der Waals surface area contributed by atoms with Crippen molar-refractivity contribution in [1.29, 1.82) is 0 Å². The van der Waals surface area contributed by atoms with Crippen LogP contribution in [0.2, 0.25) is 15.1 Å². The molecule has 0 spiro atoms. The number of amides is 2. The van der Waals surface area contributed by atoms with Crippen LogP contribution in [0.3, 0.4) is 0 Å². The first-order valence-electron chi connectivity index (χ1n) is 9.10. The first-order valence-corrected chi connectivity index (χ1v) is 10.2. The number of carbonyl (C=O) groups is 2. The van der Waals surface area contributed by atoms with E-state index in [9.17, 15) is 9.59 Å². The zero-order valence-corrected chi connectivity index (χ0v) is 18.7. The van der Waals surface area contributed by atoms with Gasteiger partial charge in [0, 0.05) is 28.2 Å². The Morgan fingerprint density at radius 3 is 2.14 bits per heavy atom. The molecule has 0 aliphatic heterocycles. The number of rotatable bonds is 8. The van der Waals surface area contributed by atoms with Crippen LogP contribution in [0.5, 0.6) is 5.75 Å². The Bertz CT molecular complexity index is 854. The first kappa shape index (κ1) is 23.3. The predicted molar refractivity (Wildman–Crippen MR) is 117 cm³/mol. The topological polar surface area (TPSA) is 58.6 Å². The maximum absolute atomic E-state index is 13.0. The third kappa shape index (κ3) is 6.53. The van der Waals surface area contributed by atoms with E-state index in [1.807, 2.05) is 13.8 Å². The molecule has 2 aromatic carbocycles. The molecule has 29 heavy (non-hydrogen) atoms. The van der Waals surface area contributed by atoms with Crippen molar-refractivity contribution < 1.29 is 14.3 Å². The Balaban J connectivity index is 2.24. The molecule has 0 radical (unpaired) electrons. The molecular weight excluding hydrogens is 435 g/mol. The minimum Gasteiger partial charge on any atom is -0.482 e. The Morgan fingerprint density at radius 2 is 1.55 bits per heavy atom. The number of hydrogen-bond donors (Lipinski definition) is 1. The van der Waals surface area contributed by atoms with Crippen LogP contribution in [0, 0.1) is 0 Å². The van der Waals surface area contributed by atoms with E-state index >= 15 is 0 Å². The molecule has 1 atom stereocenters. The lowest BCUT2D eigenvalue weighted by Crippen LogP contribution is -2.50. The number of nitrogens with one attached hydrogen (secondary N) is 1. The van der Waals surface area contributed by atoms with Crippen LogP contribution in [-0.4, -0.2) is 35.4 Å². The van der Waals surface area contributed by atoms with Gasteiger partial charge in [-0.3, -0.25) is 9.59 Å². The van der Waals surface area contributed by atoms with Crippen LogP contribution in [0.4, 0.5) is 0 Å². The summed E-state index contributed by atoms with van der Waals surface area (Å²) in [5.74, 6) is -0.292. The van der Waals surface area contributed by atoms with Gasteiger partial charge in [0.2, 0.25) is 5.91 Å². The number of ether oxygens (including phenoxy) is 1. The molecule has 0 saturated heterocycles. The number of halogens is 3. The summed E-state index contributed by atoms with van der Waals surface area (Å²) in [5, 5.41) is 4.04. The van der Waals surface area contributed by atoms with Crippen LogP contribution in [0.15, 0.2) is 42.5 Å². The maximum atomic E-state index is 13.0. The van der Waals surface area contributed by atoms with E-state index in [-0.39, 0.29) is 25.1 Å². The molecular formula is C21H23Cl3N2O3. The van der Waals surface area contributed by atoms with Crippen molar-refractivity contribution in [1.82, 2.24) is 10.2 Å². The van der Waals surface area contributed by atoms with Gasteiger partial charge in [-0.15, -0.1) is 0 Å². The fourth-order valence-electron chi connectivity index (χ4n) is 2.63. The van der Waals surface area contributed by atoms with Gasteiger partial charge in [0.1, 0.15) is 11.8 Å². The van der Waals surface area contributed by atoms with Gasteiger partial charge in [0.25, 0.3) is 5.91 Å². The number of benzene rings is 2. The number of carbonyl (C=O) groups excluding carboxylic acids is 2. The molecule has 0 saturated carbocycles. The van der Waals surface area contributed by atoms with Crippen molar-refractivity contribution in [2.24, 2.45) is 0 Å². The average Bonchev–Trinajstić information content (AvgIpc) is 2.66. The van der Waals surface area contributed by atoms with E-state index in [1.54, 1.807) is 49.4 Å². The van der Waals surface area contributed by atoms with Crippen LogP contribution < -0.4 is 10.1 Å². The highest BCUT2D eigenvalue weighted by Gasteiger charge is 2.28. The summed E-state index contributed by atoms with van der Waals surface area (Å²) in [5.41, 5.74) is 0.561. The zero-order chi connectivity index (χ0) is 21.6. The van der Waals surface area contributed by atoms with Crippen molar-refractivity contribution >= 4 is 46.6 Å². The lowest BCUT2D eigenvalue weighted by molar-refractivity contribution is -0.142. The van der Waals surface area contributed by atoms with Gasteiger partial charge < -0.3 is 15.0 Å². The van der Waals surface area contributed by atoms with Crippen LogP contribution in [0.25, 0.3) is 0 Å². The highest BCUT2D eigenvalue weighted by atomic mass is 35.5. The molecule has 1 N–H and O–H groups in total. The molecule has 0 fully saturated rings. The van der Waals surface area contributed by atoms with E-state index in [0.29, 0.717) is 26.4 Å². The molecule has 0 bridgehead atoms. The number of hydrogen-bond acceptors (Lipinski definition) is 3. The maximum Gasteiger partial charge on any atom is 0.261 e. The lowest BCUT2D eigenvalue weighted by atomic mass is 10.1. The van der Waals surface area contributed by atoms with Crippen LogP contribution in [0.1, 0.15) is 26.3 Å². The lowest BCUT2D eigenvalue weighted by Gasteiger charge is -2.30. The van der Waals surface area contributed by atoms with E-state index in [0.717, 1.165) is 0 Å². The summed E-state index contributed by atoms with van der Waals surface area (Å²) >= 11 is 18.6. The van der Waals surface area contributed by atoms with Crippen molar-refractivity contribution in [3.05, 3.63) is 63.1 Å². The Morgan fingerprint density at radius 1 is 0.966 bits per heavy atom. The third-order valence-electron chi connectivity index (χ3n) is 4.18. The average molecular weight is 458 g/mol. The molecule has 2 amide bonds. The SMILES string of the molecule is CC(C)NC(=O)[C@H](C)N(Cc1c(Cl)cccc1Cl)C(=O)COc1ccccc1Cl. The molecule has 0 aliphatic carbocycles. The molecule has 156 valence electrons. The van der Waals surface area contributed by atoms with Gasteiger partial charge in [0.15, 0.2) is 6.61 Å². The molecule has 2 aromatic rings. The van der Waals surface area contributed by atoms with Crippen molar-refractivity contribution in [2.45, 2.75) is 39.4 Å². The third-order valence-corrected chi connectivity index (χ3v) is 5.20. The fourth-order valence-corrected chi connectivity index (χ4v) is 3.33. The highest BCUT2D eigenvalue weighted by molar-refractivity contribution is 6.36. The predicted octanol–water partition coefficient (Wildman–Crippen LogP) is 4.97. The normalized spacial score (nSPS) is 11.8. The van der Waals surface area contributed by atoms with E-state index in [1.165, 1.54) is 4.90 Å². The summed E-state index contributed by atoms with van der Waals surface area (Å²) in [6.45, 7) is 5.13. The molecule has 2 rings (SSSR count). The molecule has 0 aromatic heterocycles. The summed E-state index contributed by atoms with van der Waals surface area (Å²) in [6, 6.07) is 11.1. The fraction of sp³-hybridized carbons (Fsp3) is 0.333. The van der Waals surface area contributed by atoms with Gasteiger partial charge in [-0.25, -0.2) is 0 Å². The van der Waals surface area contributed by atoms with Gasteiger partial charge in [-0.05, 0) is 45.0 Å². The Hall–Kier alpha value is -1.95. The number of para-hydroxylation sites is 1. The minimum atomic E-state index is -0.757. The second-order valence-electron chi connectivity index (χ2n) is 6.78. The van der Waals surface area contributed by atoms with E-state index in [4.69, 9.17) is 39.5 Å². The Labute approximate surface area is 185 Å². The first-order chi connectivity index (χ1) is 13.7. The largest absolute Gasteiger partial charge is 0.482 e. The summed E-state index contributed by atoms with van der Waals surface area (Å²) < 4.78 is 5.57. The van der Waals surface area contributed by atoms with Crippen LogP contribution in [-0.2, 0) is 16.1 Å². The van der Waals surface area contributed by atoms with Crippen molar-refractivity contribution in [2.75, 3.05) is 6.61 Å². The zero-order valence-electron chi connectivity index (χ0n) is 16.4. The molecule has 8 heteroatoms. The van der Waals surface area contributed by atoms with Crippen molar-refractivity contribution in [3.63, 3.8) is 0 Å². The molecule has 0 unspecified atom stereocenters. The Kier molecular flexibility index (Phi) is 8.62. The summed E-state index contributed by atoms with van der Waals surface area (Å²) in [4.78, 5) is 26.9. The highest BCUT2D eigenvalue weighted by Crippen LogP contribution is 2.27. The standard InChI is InChI=1S/C21H23Cl3N2O3/c1-13(2)25-21(28)14(3)26(11-15-16(22)8-6-9-17(15)23)20(27)12-29-19-10-5-4-7-18(19)24/h4-10,13-14H,11-12H2,1-3H3,(H,25,28)/t14-/m0/s1. The van der Waals surface area contributed by atoms with Crippen LogP contribution >= 0.6 is 34.8 Å². The van der Waals surface area contributed by atoms with Crippen molar-refractivity contribution in [3.8, 4) is 5.75 Å². The monoisotopic (exact) mass is 456 g/mol. The van der Waals surface area contributed by atoms with E-state index in [2.05, 4.69) is 5.32 Å². The number of nitrogens with zero attached hydrogens (tertiary/aromatic N) is 1. The second kappa shape index (κ2) is 10.7. The van der Waals surface area contributed by atoms with E-state index < -0.39 is 11.9 Å². The molecule has 0 heterocycles. The van der Waals surface area contributed by atoms with Gasteiger partial charge in [-0.2, -0.15) is 0 Å². The van der Waals surface area contributed by atoms with Gasteiger partial charge in [-0.1, -0.05) is 53.0 Å². The second-order valence-corrected chi connectivity index (χ2v) is 8.00. The molecule has 0 aliphatic rings. The quantitative estimate of drug-likeness (QED) is 0.609.